The highest BCUT2D eigenvalue weighted by atomic mass is 32.2. The van der Waals surface area contributed by atoms with Crippen molar-refractivity contribution in [1.82, 2.24) is 9.97 Å². The van der Waals surface area contributed by atoms with Crippen molar-refractivity contribution in [2.45, 2.75) is 9.92 Å². The molecular formula is C22H16N2S. The van der Waals surface area contributed by atoms with E-state index in [9.17, 15) is 0 Å². The third-order valence-corrected chi connectivity index (χ3v) is 4.71. The van der Waals surface area contributed by atoms with Crippen molar-refractivity contribution in [3.05, 3.63) is 97.1 Å². The molecule has 0 spiro atoms. The van der Waals surface area contributed by atoms with Crippen molar-refractivity contribution in [3.8, 4) is 22.6 Å². The molecule has 0 saturated carbocycles. The van der Waals surface area contributed by atoms with Crippen LogP contribution in [0.25, 0.3) is 22.6 Å². The first-order valence-corrected chi connectivity index (χ1v) is 8.93. The van der Waals surface area contributed by atoms with E-state index in [1.807, 2.05) is 72.8 Å². The summed E-state index contributed by atoms with van der Waals surface area (Å²) in [5.74, 6) is 0. The fourth-order valence-electron chi connectivity index (χ4n) is 2.57. The van der Waals surface area contributed by atoms with Gasteiger partial charge in [-0.15, -0.1) is 0 Å². The summed E-state index contributed by atoms with van der Waals surface area (Å²) in [5, 5.41) is 0.968. The number of rotatable bonds is 4. The first-order chi connectivity index (χ1) is 12.4. The van der Waals surface area contributed by atoms with Gasteiger partial charge in [0.1, 0.15) is 5.03 Å². The van der Waals surface area contributed by atoms with Crippen molar-refractivity contribution in [3.63, 3.8) is 0 Å². The Hall–Kier alpha value is -2.91. The summed E-state index contributed by atoms with van der Waals surface area (Å²) >= 11 is 1.66. The smallest absolute Gasteiger partial charge is 0.102 e. The molecule has 2 aromatic heterocycles. The summed E-state index contributed by atoms with van der Waals surface area (Å²) in [6, 6.07) is 32.6. The molecule has 0 atom stereocenters. The molecule has 3 heteroatoms. The standard InChI is InChI=1S/C22H16N2S/c1-3-9-17(10-4-1)19-13-7-14-20(23-19)21-15-8-16-22(24-21)25-18-11-5-2-6-12-18/h1-16H. The fraction of sp³-hybridized carbons (Fsp3) is 0. The van der Waals surface area contributed by atoms with Crippen LogP contribution in [0.3, 0.4) is 0 Å². The van der Waals surface area contributed by atoms with Crippen LogP contribution in [0.5, 0.6) is 0 Å². The quantitative estimate of drug-likeness (QED) is 0.458. The van der Waals surface area contributed by atoms with E-state index in [1.165, 1.54) is 4.90 Å². The lowest BCUT2D eigenvalue weighted by Crippen LogP contribution is -1.91. The molecule has 0 aliphatic heterocycles. The number of pyridine rings is 2. The normalized spacial score (nSPS) is 10.6. The Kier molecular flexibility index (Phi) is 4.57. The first kappa shape index (κ1) is 15.6. The van der Waals surface area contributed by atoms with E-state index in [4.69, 9.17) is 9.97 Å². The largest absolute Gasteiger partial charge is 0.246 e. The maximum atomic E-state index is 4.79. The number of nitrogens with zero attached hydrogens (tertiary/aromatic N) is 2. The minimum absolute atomic E-state index is 0.886. The highest BCUT2D eigenvalue weighted by molar-refractivity contribution is 7.99. The van der Waals surface area contributed by atoms with E-state index < -0.39 is 0 Å². The topological polar surface area (TPSA) is 25.8 Å². The zero-order valence-corrected chi connectivity index (χ0v) is 14.4. The molecule has 0 aliphatic carbocycles. The Morgan fingerprint density at radius 3 is 1.84 bits per heavy atom. The van der Waals surface area contributed by atoms with Crippen LogP contribution in [0.4, 0.5) is 0 Å². The lowest BCUT2D eigenvalue weighted by Gasteiger charge is -2.06. The monoisotopic (exact) mass is 340 g/mol. The van der Waals surface area contributed by atoms with Gasteiger partial charge in [0.25, 0.3) is 0 Å². The average Bonchev–Trinajstić information content (AvgIpc) is 2.70. The molecule has 4 rings (SSSR count). The van der Waals surface area contributed by atoms with Crippen molar-refractivity contribution in [2.24, 2.45) is 0 Å². The molecule has 0 N–H and O–H groups in total. The highest BCUT2D eigenvalue weighted by Gasteiger charge is 2.06. The molecule has 0 fully saturated rings. The van der Waals surface area contributed by atoms with Gasteiger partial charge < -0.3 is 0 Å². The summed E-state index contributed by atoms with van der Waals surface area (Å²) < 4.78 is 0. The van der Waals surface area contributed by atoms with Crippen LogP contribution in [0, 0.1) is 0 Å². The molecule has 0 unspecified atom stereocenters. The molecule has 2 aromatic carbocycles. The highest BCUT2D eigenvalue weighted by Crippen LogP contribution is 2.28. The van der Waals surface area contributed by atoms with Gasteiger partial charge in [0.05, 0.1) is 17.1 Å². The Morgan fingerprint density at radius 2 is 1.08 bits per heavy atom. The third-order valence-electron chi connectivity index (χ3n) is 3.77. The SMILES string of the molecule is c1ccc(Sc2cccc(-c3cccc(-c4ccccc4)n3)n2)cc1. The minimum Gasteiger partial charge on any atom is -0.246 e. The van der Waals surface area contributed by atoms with Gasteiger partial charge in [-0.3, -0.25) is 0 Å². The van der Waals surface area contributed by atoms with Crippen molar-refractivity contribution < 1.29 is 0 Å². The van der Waals surface area contributed by atoms with Gasteiger partial charge in [-0.25, -0.2) is 9.97 Å². The van der Waals surface area contributed by atoms with Gasteiger partial charge >= 0.3 is 0 Å². The lowest BCUT2D eigenvalue weighted by molar-refractivity contribution is 1.12. The lowest BCUT2D eigenvalue weighted by atomic mass is 10.1. The second-order valence-corrected chi connectivity index (χ2v) is 6.64. The minimum atomic E-state index is 0.886. The molecule has 2 heterocycles. The third kappa shape index (κ3) is 3.78. The van der Waals surface area contributed by atoms with E-state index >= 15 is 0 Å². The average molecular weight is 340 g/mol. The van der Waals surface area contributed by atoms with Crippen LogP contribution in [0.2, 0.25) is 0 Å². The summed E-state index contributed by atoms with van der Waals surface area (Å²) in [4.78, 5) is 10.7. The Labute approximate surface area is 151 Å². The molecule has 4 aromatic rings. The number of hydrogen-bond acceptors (Lipinski definition) is 3. The van der Waals surface area contributed by atoms with Gasteiger partial charge in [0.2, 0.25) is 0 Å². The maximum absolute atomic E-state index is 4.79. The van der Waals surface area contributed by atoms with Gasteiger partial charge in [-0.05, 0) is 36.4 Å². The van der Waals surface area contributed by atoms with Crippen LogP contribution in [-0.2, 0) is 0 Å². The Bertz CT molecular complexity index is 969. The summed E-state index contributed by atoms with van der Waals surface area (Å²) in [6.45, 7) is 0. The second kappa shape index (κ2) is 7.32. The molecule has 0 aliphatic rings. The molecule has 25 heavy (non-hydrogen) atoms. The second-order valence-electron chi connectivity index (χ2n) is 5.55. The maximum Gasteiger partial charge on any atom is 0.102 e. The van der Waals surface area contributed by atoms with Crippen LogP contribution >= 0.6 is 11.8 Å². The van der Waals surface area contributed by atoms with Crippen LogP contribution < -0.4 is 0 Å². The van der Waals surface area contributed by atoms with Gasteiger partial charge in [-0.2, -0.15) is 0 Å². The van der Waals surface area contributed by atoms with Gasteiger partial charge in [0, 0.05) is 10.5 Å². The summed E-state index contributed by atoms with van der Waals surface area (Å²) in [5.41, 5.74) is 3.84. The molecule has 0 radical (unpaired) electrons. The van der Waals surface area contributed by atoms with Gasteiger partial charge in [0.15, 0.2) is 0 Å². The summed E-state index contributed by atoms with van der Waals surface area (Å²) in [6.07, 6.45) is 0. The van der Waals surface area contributed by atoms with Crippen LogP contribution in [0.15, 0.2) is 107 Å². The molecular weight excluding hydrogens is 324 g/mol. The van der Waals surface area contributed by atoms with Gasteiger partial charge in [-0.1, -0.05) is 72.4 Å². The number of aromatic nitrogens is 2. The van der Waals surface area contributed by atoms with Crippen LogP contribution in [0.1, 0.15) is 0 Å². The predicted octanol–water partition coefficient (Wildman–Crippen LogP) is 5.96. The molecule has 2 nitrogen and oxygen atoms in total. The van der Waals surface area contributed by atoms with Crippen molar-refractivity contribution in [2.75, 3.05) is 0 Å². The molecule has 120 valence electrons. The first-order valence-electron chi connectivity index (χ1n) is 8.11. The zero-order chi connectivity index (χ0) is 16.9. The molecule has 0 saturated heterocycles. The predicted molar refractivity (Wildman–Crippen MR) is 103 cm³/mol. The Balaban J connectivity index is 1.65. The van der Waals surface area contributed by atoms with Crippen molar-refractivity contribution in [1.29, 1.82) is 0 Å². The van der Waals surface area contributed by atoms with Crippen molar-refractivity contribution >= 4 is 11.8 Å². The van der Waals surface area contributed by atoms with E-state index in [0.717, 1.165) is 27.7 Å². The van der Waals surface area contributed by atoms with E-state index in [-0.39, 0.29) is 0 Å². The van der Waals surface area contributed by atoms with E-state index in [1.54, 1.807) is 11.8 Å². The Morgan fingerprint density at radius 1 is 0.480 bits per heavy atom. The molecule has 0 amide bonds. The number of benzene rings is 2. The van der Waals surface area contributed by atoms with E-state index in [0.29, 0.717) is 0 Å². The zero-order valence-electron chi connectivity index (χ0n) is 13.5. The molecule has 0 bridgehead atoms. The fourth-order valence-corrected chi connectivity index (χ4v) is 3.40. The van der Waals surface area contributed by atoms with Crippen LogP contribution in [-0.4, -0.2) is 9.97 Å². The summed E-state index contributed by atoms with van der Waals surface area (Å²) in [7, 11) is 0. The number of hydrogen-bond donors (Lipinski definition) is 0. The van der Waals surface area contributed by atoms with E-state index in [2.05, 4.69) is 24.3 Å².